The molecule has 184 valence electrons. The Morgan fingerprint density at radius 2 is 2.06 bits per heavy atom. The van der Waals surface area contributed by atoms with Gasteiger partial charge in [-0.15, -0.1) is 0 Å². The predicted molar refractivity (Wildman–Crippen MR) is 129 cm³/mol. The molecule has 3 N–H and O–H groups in total. The summed E-state index contributed by atoms with van der Waals surface area (Å²) in [7, 11) is 1.61. The average molecular weight is 490 g/mol. The van der Waals surface area contributed by atoms with E-state index in [9.17, 15) is 15.0 Å². The van der Waals surface area contributed by atoms with Gasteiger partial charge >= 0.3 is 5.97 Å². The van der Waals surface area contributed by atoms with Gasteiger partial charge in [0.2, 0.25) is 0 Å². The van der Waals surface area contributed by atoms with Crippen molar-refractivity contribution in [2.24, 2.45) is 5.92 Å². The van der Waals surface area contributed by atoms with Gasteiger partial charge in [0.15, 0.2) is 0 Å². The standard InChI is InChI=1S/C26H32ClNO6/c1-14(18-6-5-7-20-21(18)22-23(25(30)31)24(22)34-20)33-13-16(29)12-28-26(2,3)11-15-8-9-17(32-4)10-19(15)27/h5-10,14,16,22-24,28-29H,11-13H2,1-4H3,(H,30,31)/t14-,16?,22+,23+,24+/m1/s1. The van der Waals surface area contributed by atoms with Crippen LogP contribution < -0.4 is 14.8 Å². The van der Waals surface area contributed by atoms with Crippen LogP contribution in [-0.4, -0.2) is 54.2 Å². The van der Waals surface area contributed by atoms with E-state index in [4.69, 9.17) is 25.8 Å². The van der Waals surface area contributed by atoms with E-state index in [1.165, 1.54) is 0 Å². The van der Waals surface area contributed by atoms with E-state index >= 15 is 0 Å². The van der Waals surface area contributed by atoms with Crippen molar-refractivity contribution in [1.82, 2.24) is 5.32 Å². The number of halogens is 1. The number of fused-ring (bicyclic) bond motifs is 3. The highest BCUT2D eigenvalue weighted by atomic mass is 35.5. The third-order valence-electron chi connectivity index (χ3n) is 6.62. The Bertz CT molecular complexity index is 1060. The molecule has 2 aliphatic rings. The highest BCUT2D eigenvalue weighted by Crippen LogP contribution is 2.60. The van der Waals surface area contributed by atoms with Gasteiger partial charge in [-0.25, -0.2) is 0 Å². The average Bonchev–Trinajstić information content (AvgIpc) is 3.38. The number of benzene rings is 2. The van der Waals surface area contributed by atoms with Crippen molar-refractivity contribution in [1.29, 1.82) is 0 Å². The van der Waals surface area contributed by atoms with E-state index in [1.807, 2.05) is 37.3 Å². The molecule has 1 fully saturated rings. The number of hydrogen-bond donors (Lipinski definition) is 3. The lowest BCUT2D eigenvalue weighted by Gasteiger charge is -2.29. The smallest absolute Gasteiger partial charge is 0.311 e. The minimum atomic E-state index is -0.830. The molecule has 2 aromatic carbocycles. The van der Waals surface area contributed by atoms with Gasteiger partial charge in [-0.05, 0) is 56.5 Å². The molecule has 4 rings (SSSR count). The van der Waals surface area contributed by atoms with Gasteiger partial charge in [0.25, 0.3) is 0 Å². The monoisotopic (exact) mass is 489 g/mol. The maximum absolute atomic E-state index is 11.4. The minimum absolute atomic E-state index is 0.119. The van der Waals surface area contributed by atoms with Crippen LogP contribution in [0.5, 0.6) is 11.5 Å². The van der Waals surface area contributed by atoms with E-state index in [0.717, 1.165) is 22.4 Å². The van der Waals surface area contributed by atoms with Crippen molar-refractivity contribution < 1.29 is 29.2 Å². The molecule has 1 aliphatic heterocycles. The van der Waals surface area contributed by atoms with Crippen LogP contribution in [0.15, 0.2) is 36.4 Å². The van der Waals surface area contributed by atoms with Crippen LogP contribution in [0.3, 0.4) is 0 Å². The number of aliphatic carboxylic acids is 1. The molecule has 0 bridgehead atoms. The molecular formula is C26H32ClNO6. The molecule has 1 aliphatic carbocycles. The molecule has 34 heavy (non-hydrogen) atoms. The molecule has 2 aromatic rings. The zero-order valence-corrected chi connectivity index (χ0v) is 20.6. The number of nitrogens with one attached hydrogen (secondary N) is 1. The first-order chi connectivity index (χ1) is 16.1. The third kappa shape index (κ3) is 5.18. The largest absolute Gasteiger partial charge is 0.497 e. The molecule has 0 radical (unpaired) electrons. The van der Waals surface area contributed by atoms with Crippen molar-refractivity contribution in [3.8, 4) is 11.5 Å². The van der Waals surface area contributed by atoms with Gasteiger partial charge < -0.3 is 29.7 Å². The summed E-state index contributed by atoms with van der Waals surface area (Å²) >= 11 is 6.38. The zero-order chi connectivity index (χ0) is 24.6. The molecule has 8 heteroatoms. The van der Waals surface area contributed by atoms with Gasteiger partial charge in [0, 0.05) is 28.6 Å². The molecule has 0 saturated heterocycles. The normalized spacial score (nSPS) is 22.4. The Labute approximate surface area is 205 Å². The predicted octanol–water partition coefficient (Wildman–Crippen LogP) is 3.96. The fraction of sp³-hybridized carbons (Fsp3) is 0.500. The molecule has 0 aromatic heterocycles. The first kappa shape index (κ1) is 24.8. The van der Waals surface area contributed by atoms with E-state index in [1.54, 1.807) is 13.2 Å². The number of aliphatic hydroxyl groups is 1. The first-order valence-corrected chi connectivity index (χ1v) is 11.9. The van der Waals surface area contributed by atoms with Crippen LogP contribution in [0.2, 0.25) is 5.02 Å². The maximum Gasteiger partial charge on any atom is 0.311 e. The van der Waals surface area contributed by atoms with Crippen LogP contribution in [-0.2, 0) is 16.0 Å². The fourth-order valence-corrected chi connectivity index (χ4v) is 4.96. The topological polar surface area (TPSA) is 97.3 Å². The zero-order valence-electron chi connectivity index (χ0n) is 19.9. The second-order valence-electron chi connectivity index (χ2n) is 9.76. The van der Waals surface area contributed by atoms with E-state index in [2.05, 4.69) is 19.2 Å². The van der Waals surface area contributed by atoms with Crippen LogP contribution in [0.25, 0.3) is 0 Å². The molecule has 0 spiro atoms. The van der Waals surface area contributed by atoms with Gasteiger partial charge in [0.05, 0.1) is 25.9 Å². The van der Waals surface area contributed by atoms with Gasteiger partial charge in [0.1, 0.15) is 23.5 Å². The van der Waals surface area contributed by atoms with E-state index in [0.29, 0.717) is 23.7 Å². The summed E-state index contributed by atoms with van der Waals surface area (Å²) in [5.74, 6) is 0.0159. The molecular weight excluding hydrogens is 458 g/mol. The highest BCUT2D eigenvalue weighted by molar-refractivity contribution is 6.31. The summed E-state index contributed by atoms with van der Waals surface area (Å²) < 4.78 is 17.0. The quantitative estimate of drug-likeness (QED) is 0.439. The number of rotatable bonds is 11. The number of aliphatic hydroxyl groups excluding tert-OH is 1. The Morgan fingerprint density at radius 1 is 1.29 bits per heavy atom. The number of β-amino-alcohol motifs (C(OH)–C–C–N with tert-alkyl or cyclic N) is 1. The molecule has 5 atom stereocenters. The highest BCUT2D eigenvalue weighted by Gasteiger charge is 2.63. The van der Waals surface area contributed by atoms with Gasteiger partial charge in [-0.3, -0.25) is 4.79 Å². The number of carbonyl (C=O) groups is 1. The van der Waals surface area contributed by atoms with Crippen molar-refractivity contribution in [3.63, 3.8) is 0 Å². The lowest BCUT2D eigenvalue weighted by atomic mass is 9.94. The summed E-state index contributed by atoms with van der Waals surface area (Å²) in [6.07, 6.45) is -0.602. The van der Waals surface area contributed by atoms with Gasteiger partial charge in [-0.2, -0.15) is 0 Å². The lowest BCUT2D eigenvalue weighted by Crippen LogP contribution is -2.46. The van der Waals surface area contributed by atoms with Crippen LogP contribution in [0.4, 0.5) is 0 Å². The molecule has 1 saturated carbocycles. The molecule has 0 amide bonds. The number of methoxy groups -OCH3 is 1. The summed E-state index contributed by atoms with van der Waals surface area (Å²) in [6.45, 7) is 6.53. The second kappa shape index (κ2) is 9.74. The van der Waals surface area contributed by atoms with Crippen molar-refractivity contribution >= 4 is 17.6 Å². The Hall–Kier alpha value is -2.32. The first-order valence-electron chi connectivity index (χ1n) is 11.5. The van der Waals surface area contributed by atoms with Crippen molar-refractivity contribution in [3.05, 3.63) is 58.1 Å². The lowest BCUT2D eigenvalue weighted by molar-refractivity contribution is -0.139. The van der Waals surface area contributed by atoms with Crippen LogP contribution in [0, 0.1) is 5.92 Å². The number of ether oxygens (including phenoxy) is 3. The van der Waals surface area contributed by atoms with Gasteiger partial charge in [-0.1, -0.05) is 29.8 Å². The summed E-state index contributed by atoms with van der Waals surface area (Å²) in [5, 5.41) is 24.0. The minimum Gasteiger partial charge on any atom is -0.497 e. The Kier molecular flexibility index (Phi) is 7.10. The molecule has 1 heterocycles. The van der Waals surface area contributed by atoms with E-state index in [-0.39, 0.29) is 30.3 Å². The third-order valence-corrected chi connectivity index (χ3v) is 6.97. The molecule has 1 unspecified atom stereocenters. The molecule has 7 nitrogen and oxygen atoms in total. The summed E-state index contributed by atoms with van der Waals surface area (Å²) in [4.78, 5) is 11.4. The summed E-state index contributed by atoms with van der Waals surface area (Å²) in [6, 6.07) is 11.3. The van der Waals surface area contributed by atoms with Crippen LogP contribution >= 0.6 is 11.6 Å². The fourth-order valence-electron chi connectivity index (χ4n) is 4.72. The number of hydrogen-bond acceptors (Lipinski definition) is 6. The maximum atomic E-state index is 11.4. The Morgan fingerprint density at radius 3 is 2.74 bits per heavy atom. The number of carboxylic acid groups (broad SMARTS) is 1. The SMILES string of the molecule is COc1ccc(CC(C)(C)NCC(O)CO[C@H](C)c2cccc3c2[C@@H]2[C@H](O3)[C@H]2C(=O)O)c(Cl)c1. The van der Waals surface area contributed by atoms with Crippen molar-refractivity contribution in [2.45, 2.75) is 57.0 Å². The number of carboxylic acids is 1. The summed E-state index contributed by atoms with van der Waals surface area (Å²) in [5.41, 5.74) is 2.55. The van der Waals surface area contributed by atoms with Crippen molar-refractivity contribution in [2.75, 3.05) is 20.3 Å². The Balaban J connectivity index is 1.29. The van der Waals surface area contributed by atoms with Crippen LogP contribution in [0.1, 0.15) is 49.5 Å². The second-order valence-corrected chi connectivity index (χ2v) is 10.2. The van der Waals surface area contributed by atoms with E-state index < -0.39 is 18.0 Å².